The monoisotopic (exact) mass is 402 g/mol. The van der Waals surface area contributed by atoms with Gasteiger partial charge in [0, 0.05) is 45.1 Å². The molecule has 1 amide bonds. The first-order valence-corrected chi connectivity index (χ1v) is 10.1. The van der Waals surface area contributed by atoms with Crippen molar-refractivity contribution >= 4 is 18.5 Å². The van der Waals surface area contributed by atoms with Crippen molar-refractivity contribution in [3.8, 4) is 0 Å². The summed E-state index contributed by atoms with van der Waals surface area (Å²) in [6.07, 6.45) is 7.02. The molecule has 4 atom stereocenters. The predicted octanol–water partition coefficient (Wildman–Crippen LogP) is 1.64. The van der Waals surface area contributed by atoms with Gasteiger partial charge in [0.1, 0.15) is 6.61 Å². The predicted molar refractivity (Wildman–Crippen MR) is 109 cm³/mol. The van der Waals surface area contributed by atoms with Crippen LogP contribution in [0.4, 0.5) is 0 Å². The van der Waals surface area contributed by atoms with Gasteiger partial charge in [-0.15, -0.1) is 0 Å². The highest BCUT2D eigenvalue weighted by Gasteiger charge is 2.62. The molecule has 158 valence electrons. The van der Waals surface area contributed by atoms with Crippen LogP contribution in [0.2, 0.25) is 0 Å². The molecule has 1 aromatic rings. The normalized spacial score (nSPS) is 30.0. The van der Waals surface area contributed by atoms with E-state index >= 15 is 0 Å². The maximum Gasteiger partial charge on any atom is 0.290 e. The average Bonchev–Trinajstić information content (AvgIpc) is 3.36. The van der Waals surface area contributed by atoms with Crippen molar-refractivity contribution in [1.82, 2.24) is 10.2 Å². The lowest BCUT2D eigenvalue weighted by molar-refractivity contribution is -0.125. The Hall–Kier alpha value is -2.22. The molecule has 29 heavy (non-hydrogen) atoms. The van der Waals surface area contributed by atoms with E-state index < -0.39 is 0 Å². The fourth-order valence-corrected chi connectivity index (χ4v) is 5.01. The number of likely N-dealkylation sites (tertiary alicyclic amines) is 1. The van der Waals surface area contributed by atoms with E-state index in [1.807, 2.05) is 6.07 Å². The Morgan fingerprint density at radius 3 is 2.90 bits per heavy atom. The van der Waals surface area contributed by atoms with Crippen LogP contribution in [0.1, 0.15) is 18.4 Å². The van der Waals surface area contributed by atoms with Crippen molar-refractivity contribution in [1.29, 1.82) is 0 Å². The summed E-state index contributed by atoms with van der Waals surface area (Å²) in [4.78, 5) is 22.6. The van der Waals surface area contributed by atoms with E-state index in [-0.39, 0.29) is 24.6 Å². The Kier molecular flexibility index (Phi) is 7.41. The number of ether oxygens (including phenoxy) is 2. The van der Waals surface area contributed by atoms with Crippen LogP contribution in [0.15, 0.2) is 36.4 Å². The molecule has 3 saturated heterocycles. The van der Waals surface area contributed by atoms with E-state index in [4.69, 9.17) is 19.4 Å². The number of rotatable bonds is 7. The summed E-state index contributed by atoms with van der Waals surface area (Å²) >= 11 is 0. The van der Waals surface area contributed by atoms with Crippen LogP contribution in [-0.2, 0) is 19.1 Å². The maximum atomic E-state index is 11.7. The third-order valence-corrected chi connectivity index (χ3v) is 6.14. The quantitative estimate of drug-likeness (QED) is 0.674. The van der Waals surface area contributed by atoms with Gasteiger partial charge in [0.05, 0.1) is 11.7 Å². The molecule has 1 aromatic carbocycles. The van der Waals surface area contributed by atoms with E-state index in [9.17, 15) is 4.79 Å². The minimum atomic E-state index is -0.250. The number of nitrogens with zero attached hydrogens (tertiary/aromatic N) is 1. The summed E-state index contributed by atoms with van der Waals surface area (Å²) < 4.78 is 11.3. The second kappa shape index (κ2) is 10.0. The zero-order chi connectivity index (χ0) is 20.7. The molecule has 0 saturated carbocycles. The molecule has 7 nitrogen and oxygen atoms in total. The lowest BCUT2D eigenvalue weighted by Crippen LogP contribution is -2.42. The molecule has 4 rings (SSSR count). The Morgan fingerprint density at radius 2 is 2.17 bits per heavy atom. The summed E-state index contributed by atoms with van der Waals surface area (Å²) in [5.74, 6) is 0.909. The van der Waals surface area contributed by atoms with Gasteiger partial charge in [0.25, 0.3) is 6.47 Å². The first-order chi connectivity index (χ1) is 14.1. The number of hydrogen-bond acceptors (Lipinski definition) is 5. The van der Waals surface area contributed by atoms with Gasteiger partial charge in [-0.3, -0.25) is 14.5 Å². The van der Waals surface area contributed by atoms with Gasteiger partial charge in [-0.25, -0.2) is 0 Å². The summed E-state index contributed by atoms with van der Waals surface area (Å²) in [6.45, 7) is 3.59. The summed E-state index contributed by atoms with van der Waals surface area (Å²) in [5, 5.41) is 9.91. The largest absolute Gasteiger partial charge is 0.483 e. The second-order valence-corrected chi connectivity index (χ2v) is 7.88. The molecule has 3 heterocycles. The van der Waals surface area contributed by atoms with Gasteiger partial charge < -0.3 is 19.9 Å². The number of fused-ring (bicyclic) bond motifs is 1. The van der Waals surface area contributed by atoms with E-state index in [0.29, 0.717) is 24.5 Å². The van der Waals surface area contributed by atoms with Crippen molar-refractivity contribution in [3.63, 3.8) is 0 Å². The van der Waals surface area contributed by atoms with Gasteiger partial charge in [-0.2, -0.15) is 0 Å². The fraction of sp³-hybridized carbons (Fsp3) is 0.545. The van der Waals surface area contributed by atoms with Crippen LogP contribution < -0.4 is 5.32 Å². The molecule has 0 aliphatic carbocycles. The van der Waals surface area contributed by atoms with Gasteiger partial charge >= 0.3 is 0 Å². The number of methoxy groups -OCH3 is 1. The van der Waals surface area contributed by atoms with Crippen molar-refractivity contribution in [2.75, 3.05) is 39.9 Å². The molecule has 3 aliphatic heterocycles. The van der Waals surface area contributed by atoms with Crippen LogP contribution in [0.5, 0.6) is 0 Å². The molecular weight excluding hydrogens is 372 g/mol. The van der Waals surface area contributed by atoms with E-state index in [2.05, 4.69) is 46.6 Å². The Morgan fingerprint density at radius 1 is 1.41 bits per heavy atom. The summed E-state index contributed by atoms with van der Waals surface area (Å²) in [7, 11) is 1.55. The SMILES string of the molecule is COCC(=O)NC[C@H]1[C@H]2CN(C/C=C/c3ccccc3)C[C@]23CC[C@H]1O3.O=CO. The van der Waals surface area contributed by atoms with Crippen LogP contribution >= 0.6 is 0 Å². The first-order valence-electron chi connectivity index (χ1n) is 10.1. The molecule has 0 aromatic heterocycles. The number of hydrogen-bond donors (Lipinski definition) is 2. The molecule has 3 fully saturated rings. The van der Waals surface area contributed by atoms with Crippen LogP contribution in [0.25, 0.3) is 6.08 Å². The average molecular weight is 402 g/mol. The number of amides is 1. The van der Waals surface area contributed by atoms with Gasteiger partial charge in [-0.1, -0.05) is 42.5 Å². The third kappa shape index (κ3) is 5.04. The maximum absolute atomic E-state index is 11.7. The van der Waals surface area contributed by atoms with Crippen LogP contribution in [0, 0.1) is 11.8 Å². The molecule has 1 spiro atoms. The fourth-order valence-electron chi connectivity index (χ4n) is 5.01. The minimum Gasteiger partial charge on any atom is -0.483 e. The molecule has 3 aliphatic rings. The Labute approximate surface area is 171 Å². The smallest absolute Gasteiger partial charge is 0.290 e. The molecule has 0 unspecified atom stereocenters. The van der Waals surface area contributed by atoms with E-state index in [1.54, 1.807) is 7.11 Å². The van der Waals surface area contributed by atoms with Gasteiger partial charge in [-0.05, 0) is 18.4 Å². The highest BCUT2D eigenvalue weighted by Crippen LogP contribution is 2.54. The highest BCUT2D eigenvalue weighted by atomic mass is 16.5. The standard InChI is InChI=1S/C21H28N2O3.CH2O2/c1-25-14-20(24)22-12-17-18-13-23(15-21(18)10-9-19(17)26-21)11-5-8-16-6-3-2-4-7-16;2-1-3/h2-8,17-19H,9-15H2,1H3,(H,22,24);1H,(H,2,3)/b8-5+;/t17-,18+,19+,21+;/m0./s1. The molecule has 2 N–H and O–H groups in total. The van der Waals surface area contributed by atoms with E-state index in [1.165, 1.54) is 5.56 Å². The number of benzene rings is 1. The zero-order valence-electron chi connectivity index (χ0n) is 16.8. The van der Waals surface area contributed by atoms with Crippen LogP contribution in [0.3, 0.4) is 0 Å². The van der Waals surface area contributed by atoms with Crippen molar-refractivity contribution in [2.24, 2.45) is 11.8 Å². The number of carboxylic acid groups (broad SMARTS) is 1. The number of carbonyl (C=O) groups excluding carboxylic acids is 1. The highest BCUT2D eigenvalue weighted by molar-refractivity contribution is 5.77. The Bertz CT molecular complexity index is 710. The summed E-state index contributed by atoms with van der Waals surface area (Å²) in [5.41, 5.74) is 1.25. The minimum absolute atomic E-state index is 0.0158. The molecule has 0 radical (unpaired) electrons. The topological polar surface area (TPSA) is 88.1 Å². The van der Waals surface area contributed by atoms with Crippen molar-refractivity contribution in [2.45, 2.75) is 24.5 Å². The lowest BCUT2D eigenvalue weighted by Gasteiger charge is -2.29. The summed E-state index contributed by atoms with van der Waals surface area (Å²) in [6, 6.07) is 10.4. The van der Waals surface area contributed by atoms with Crippen molar-refractivity contribution < 1.29 is 24.2 Å². The number of nitrogens with one attached hydrogen (secondary N) is 1. The molecular formula is C22H30N2O5. The zero-order valence-corrected chi connectivity index (χ0v) is 16.8. The van der Waals surface area contributed by atoms with Crippen LogP contribution in [-0.4, -0.2) is 74.0 Å². The Balaban J connectivity index is 0.000000755. The molecule has 2 bridgehead atoms. The molecule has 7 heteroatoms. The van der Waals surface area contributed by atoms with E-state index in [0.717, 1.165) is 32.5 Å². The van der Waals surface area contributed by atoms with Gasteiger partial charge in [0.15, 0.2) is 0 Å². The lowest BCUT2D eigenvalue weighted by atomic mass is 9.73. The first kappa shape index (κ1) is 21.5. The second-order valence-electron chi connectivity index (χ2n) is 7.88. The number of carbonyl (C=O) groups is 2. The third-order valence-electron chi connectivity index (χ3n) is 6.14. The van der Waals surface area contributed by atoms with Crippen molar-refractivity contribution in [3.05, 3.63) is 42.0 Å². The van der Waals surface area contributed by atoms with Gasteiger partial charge in [0.2, 0.25) is 5.91 Å².